The van der Waals surface area contributed by atoms with Crippen molar-refractivity contribution in [2.24, 2.45) is 29.6 Å². The summed E-state index contributed by atoms with van der Waals surface area (Å²) in [6.07, 6.45) is 9.20. The molecule has 4 amide bonds. The highest BCUT2D eigenvalue weighted by atomic mass is 16.5. The maximum absolute atomic E-state index is 13.3. The Morgan fingerprint density at radius 1 is 0.886 bits per heavy atom. The molecule has 4 unspecified atom stereocenters. The maximum Gasteiger partial charge on any atom is 0.244 e. The molecule has 35 heavy (non-hydrogen) atoms. The molecule has 2 aliphatic carbocycles. The number of nitrogens with one attached hydrogen (secondary N) is 4. The summed E-state index contributed by atoms with van der Waals surface area (Å²) in [7, 11) is 0. The molecule has 2 saturated carbocycles. The van der Waals surface area contributed by atoms with Crippen molar-refractivity contribution < 1.29 is 24.4 Å². The minimum absolute atomic E-state index is 0.155. The number of hydroxylamine groups is 1. The van der Waals surface area contributed by atoms with Gasteiger partial charge in [-0.05, 0) is 63.2 Å². The fourth-order valence-electron chi connectivity index (χ4n) is 5.87. The van der Waals surface area contributed by atoms with Gasteiger partial charge in [-0.2, -0.15) is 0 Å². The number of hydrogen-bond donors (Lipinski definition) is 5. The van der Waals surface area contributed by atoms with E-state index in [1.807, 2.05) is 20.8 Å². The second-order valence-electron chi connectivity index (χ2n) is 11.0. The zero-order chi connectivity index (χ0) is 26.0. The third-order valence-corrected chi connectivity index (χ3v) is 7.64. The molecule has 200 valence electrons. The van der Waals surface area contributed by atoms with Gasteiger partial charge in [-0.1, -0.05) is 46.0 Å². The predicted molar refractivity (Wildman–Crippen MR) is 133 cm³/mol. The highest BCUT2D eigenvalue weighted by molar-refractivity contribution is 5.93. The molecule has 0 saturated heterocycles. The molecule has 0 bridgehead atoms. The Hall–Kier alpha value is -2.16. The second kappa shape index (κ2) is 14.4. The number of amides is 4. The summed E-state index contributed by atoms with van der Waals surface area (Å²) in [4.78, 5) is 50.4. The van der Waals surface area contributed by atoms with Crippen LogP contribution in [0, 0.1) is 29.6 Å². The zero-order valence-corrected chi connectivity index (χ0v) is 21.9. The van der Waals surface area contributed by atoms with Crippen molar-refractivity contribution in [1.82, 2.24) is 21.4 Å². The third-order valence-electron chi connectivity index (χ3n) is 7.64. The van der Waals surface area contributed by atoms with Gasteiger partial charge in [-0.3, -0.25) is 24.4 Å². The van der Waals surface area contributed by atoms with Crippen molar-refractivity contribution in [3.8, 4) is 0 Å². The van der Waals surface area contributed by atoms with Gasteiger partial charge in [0.2, 0.25) is 23.6 Å². The van der Waals surface area contributed by atoms with Crippen molar-refractivity contribution in [3.63, 3.8) is 0 Å². The molecule has 2 rings (SSSR count). The minimum Gasteiger partial charge on any atom is -0.355 e. The average molecular weight is 495 g/mol. The lowest BCUT2D eigenvalue weighted by atomic mass is 9.66. The van der Waals surface area contributed by atoms with Crippen LogP contribution in [0.2, 0.25) is 0 Å². The Bertz CT molecular complexity index is 729. The van der Waals surface area contributed by atoms with Gasteiger partial charge in [0, 0.05) is 18.9 Å². The van der Waals surface area contributed by atoms with E-state index in [0.29, 0.717) is 31.2 Å². The number of carbonyl (C=O) groups is 4. The van der Waals surface area contributed by atoms with E-state index in [1.165, 1.54) is 32.1 Å². The number of likely N-dealkylation sites (N-methyl/N-ethyl adjacent to an activating group) is 1. The molecule has 0 spiro atoms. The van der Waals surface area contributed by atoms with E-state index in [2.05, 4.69) is 16.0 Å². The molecule has 0 aliphatic heterocycles. The topological polar surface area (TPSA) is 137 Å². The maximum atomic E-state index is 13.3. The van der Waals surface area contributed by atoms with Crippen LogP contribution in [0.25, 0.3) is 0 Å². The lowest BCUT2D eigenvalue weighted by molar-refractivity contribution is -0.137. The zero-order valence-electron chi connectivity index (χ0n) is 21.9. The van der Waals surface area contributed by atoms with Crippen LogP contribution in [0.3, 0.4) is 0 Å². The normalized spacial score (nSPS) is 24.5. The van der Waals surface area contributed by atoms with Crippen LogP contribution in [-0.4, -0.2) is 47.5 Å². The third kappa shape index (κ3) is 9.43. The highest BCUT2D eigenvalue weighted by Crippen LogP contribution is 2.43. The molecule has 0 aromatic heterocycles. The SMILES string of the molecule is CCNC(=O)[C@H](C)NC(=O)[C@H](CC1CCC2CCCCC2C1)NC(=O)C(CC(=O)NO)CC(C)C. The molecule has 9 nitrogen and oxygen atoms in total. The van der Waals surface area contributed by atoms with Gasteiger partial charge in [0.15, 0.2) is 0 Å². The molecule has 5 N–H and O–H groups in total. The van der Waals surface area contributed by atoms with E-state index in [1.54, 1.807) is 12.4 Å². The Morgan fingerprint density at radius 2 is 1.57 bits per heavy atom. The summed E-state index contributed by atoms with van der Waals surface area (Å²) in [5.74, 6) is -0.355. The summed E-state index contributed by atoms with van der Waals surface area (Å²) in [6.45, 7) is 7.82. The van der Waals surface area contributed by atoms with E-state index < -0.39 is 23.9 Å². The molecule has 0 radical (unpaired) electrons. The number of carbonyl (C=O) groups excluding carboxylic acids is 4. The van der Waals surface area contributed by atoms with Gasteiger partial charge in [0.1, 0.15) is 12.1 Å². The van der Waals surface area contributed by atoms with Crippen molar-refractivity contribution in [1.29, 1.82) is 0 Å². The van der Waals surface area contributed by atoms with E-state index >= 15 is 0 Å². The van der Waals surface area contributed by atoms with Gasteiger partial charge < -0.3 is 16.0 Å². The van der Waals surface area contributed by atoms with Crippen molar-refractivity contribution >= 4 is 23.6 Å². The fourth-order valence-corrected chi connectivity index (χ4v) is 5.87. The quantitative estimate of drug-likeness (QED) is 0.210. The first-order valence-electron chi connectivity index (χ1n) is 13.5. The Kier molecular flexibility index (Phi) is 12.0. The molecular weight excluding hydrogens is 448 g/mol. The van der Waals surface area contributed by atoms with Gasteiger partial charge in [-0.25, -0.2) is 5.48 Å². The molecule has 0 heterocycles. The number of rotatable bonds is 12. The summed E-state index contributed by atoms with van der Waals surface area (Å²) in [5, 5.41) is 17.3. The Balaban J connectivity index is 2.13. The van der Waals surface area contributed by atoms with E-state index in [4.69, 9.17) is 5.21 Å². The van der Waals surface area contributed by atoms with Crippen LogP contribution < -0.4 is 21.4 Å². The first kappa shape index (κ1) is 29.1. The minimum atomic E-state index is -0.781. The monoisotopic (exact) mass is 494 g/mol. The van der Waals surface area contributed by atoms with Crippen LogP contribution >= 0.6 is 0 Å². The fraction of sp³-hybridized carbons (Fsp3) is 0.846. The molecule has 9 heteroatoms. The average Bonchev–Trinajstić information content (AvgIpc) is 2.82. The first-order chi connectivity index (χ1) is 16.6. The largest absolute Gasteiger partial charge is 0.355 e. The van der Waals surface area contributed by atoms with Crippen molar-refractivity contribution in [2.45, 2.75) is 104 Å². The Morgan fingerprint density at radius 3 is 2.20 bits per heavy atom. The summed E-state index contributed by atoms with van der Waals surface area (Å²) in [6, 6.07) is -1.50. The molecule has 0 aromatic carbocycles. The summed E-state index contributed by atoms with van der Waals surface area (Å²) >= 11 is 0. The van der Waals surface area contributed by atoms with Crippen LogP contribution in [0.1, 0.15) is 91.9 Å². The van der Waals surface area contributed by atoms with Crippen LogP contribution in [0.15, 0.2) is 0 Å². The van der Waals surface area contributed by atoms with E-state index in [-0.39, 0.29) is 30.1 Å². The predicted octanol–water partition coefficient (Wildman–Crippen LogP) is 2.67. The molecular formula is C26H46N4O5. The van der Waals surface area contributed by atoms with Crippen LogP contribution in [0.5, 0.6) is 0 Å². The van der Waals surface area contributed by atoms with Crippen LogP contribution in [-0.2, 0) is 19.2 Å². The standard InChI is InChI=1S/C26H46N4O5/c1-5-27-24(32)17(4)28-26(34)22(14-18-10-11-19-8-6-7-9-20(19)13-18)29-25(33)21(12-16(2)3)15-23(31)30-35/h16-22,35H,5-15H2,1-4H3,(H,27,32)(H,28,34)(H,29,33)(H,30,31)/t17-,18?,19?,20?,21?,22-/m0/s1. The van der Waals surface area contributed by atoms with Gasteiger partial charge in [0.05, 0.1) is 0 Å². The molecule has 2 fully saturated rings. The number of hydrogen-bond acceptors (Lipinski definition) is 5. The van der Waals surface area contributed by atoms with E-state index in [9.17, 15) is 19.2 Å². The molecule has 6 atom stereocenters. The van der Waals surface area contributed by atoms with E-state index in [0.717, 1.165) is 18.8 Å². The van der Waals surface area contributed by atoms with Crippen molar-refractivity contribution in [3.05, 3.63) is 0 Å². The lowest BCUT2D eigenvalue weighted by Crippen LogP contribution is -2.54. The first-order valence-corrected chi connectivity index (χ1v) is 13.5. The lowest BCUT2D eigenvalue weighted by Gasteiger charge is -2.40. The molecule has 2 aliphatic rings. The summed E-state index contributed by atoms with van der Waals surface area (Å²) < 4.78 is 0. The highest BCUT2D eigenvalue weighted by Gasteiger charge is 2.36. The van der Waals surface area contributed by atoms with Gasteiger partial charge in [0.25, 0.3) is 0 Å². The molecule has 0 aromatic rings. The van der Waals surface area contributed by atoms with Crippen LogP contribution in [0.4, 0.5) is 0 Å². The van der Waals surface area contributed by atoms with Gasteiger partial charge >= 0.3 is 0 Å². The van der Waals surface area contributed by atoms with Crippen molar-refractivity contribution in [2.75, 3.05) is 6.54 Å². The second-order valence-corrected chi connectivity index (χ2v) is 11.0. The smallest absolute Gasteiger partial charge is 0.244 e. The Labute approximate surface area is 209 Å². The number of fused-ring (bicyclic) bond motifs is 1. The van der Waals surface area contributed by atoms with Gasteiger partial charge in [-0.15, -0.1) is 0 Å². The summed E-state index contributed by atoms with van der Waals surface area (Å²) in [5.41, 5.74) is 1.60.